The Hall–Kier alpha value is -3.23. The molecule has 1 aliphatic heterocycles. The molecular formula is C31H35F8NO5S. The molecule has 46 heavy (non-hydrogen) atoms. The first-order valence-corrected chi connectivity index (χ1v) is 16.1. The molecule has 4 rings (SSSR count). The highest BCUT2D eigenvalue weighted by molar-refractivity contribution is 7.92. The average molecular weight is 686 g/mol. The van der Waals surface area contributed by atoms with Crippen LogP contribution in [0.15, 0.2) is 47.4 Å². The smallest absolute Gasteiger partial charge is 0.435 e. The first kappa shape index (κ1) is 37.2. The van der Waals surface area contributed by atoms with Crippen LogP contribution in [0.2, 0.25) is 0 Å². The highest BCUT2D eigenvalue weighted by Crippen LogP contribution is 2.57. The predicted octanol–water partition coefficient (Wildman–Crippen LogP) is 7.23. The fourth-order valence-electron chi connectivity index (χ4n) is 6.71. The van der Waals surface area contributed by atoms with Crippen molar-refractivity contribution in [3.8, 4) is 0 Å². The highest BCUT2D eigenvalue weighted by atomic mass is 32.2. The molecule has 2 aromatic rings. The third-order valence-corrected chi connectivity index (χ3v) is 11.5. The number of nitrogens with zero attached hydrogens (tertiary/aromatic N) is 1. The van der Waals surface area contributed by atoms with Gasteiger partial charge in [-0.15, -0.1) is 0 Å². The molecule has 1 heterocycles. The molecular weight excluding hydrogens is 650 g/mol. The van der Waals surface area contributed by atoms with E-state index in [1.54, 1.807) is 12.1 Å². The van der Waals surface area contributed by atoms with Crippen molar-refractivity contribution in [2.75, 3.05) is 13.2 Å². The van der Waals surface area contributed by atoms with Gasteiger partial charge in [0, 0.05) is 18.0 Å². The number of hydrogen-bond donors (Lipinski definition) is 1. The molecule has 0 spiro atoms. The maximum Gasteiger partial charge on any atom is 0.435 e. The van der Waals surface area contributed by atoms with Gasteiger partial charge >= 0.3 is 18.0 Å². The fourth-order valence-corrected chi connectivity index (χ4v) is 9.08. The van der Waals surface area contributed by atoms with E-state index in [0.717, 1.165) is 11.6 Å². The Morgan fingerprint density at radius 3 is 2.11 bits per heavy atom. The Morgan fingerprint density at radius 1 is 1.02 bits per heavy atom. The second-order valence-corrected chi connectivity index (χ2v) is 13.5. The van der Waals surface area contributed by atoms with Crippen molar-refractivity contribution >= 4 is 22.2 Å². The molecule has 1 N–H and O–H groups in total. The molecule has 15 heteroatoms. The number of fused-ring (bicyclic) bond motifs is 3. The summed E-state index contributed by atoms with van der Waals surface area (Å²) in [4.78, 5) is 23.3. The standard InChI is InChI=1S/C30H33F8NO3S.CH2O2/c1-3-5-20(14-16-31)26(40)39-17-15-27(43(41,42)23-10-6-19(4-2)7-11-23)24-12-9-22(18-21(24)8-13-25(27)39)28(32,29(33,34)35)30(36,37)38;2-1-3/h6-7,9-12,18,20,25H,3-5,8,13-17H2,1-2H3;1H,(H,2,3). The minimum absolute atomic E-state index is 0.0633. The largest absolute Gasteiger partial charge is 0.483 e. The van der Waals surface area contributed by atoms with E-state index in [-0.39, 0.29) is 54.7 Å². The normalized spacial score (nSPS) is 20.7. The number of hydrogen-bond acceptors (Lipinski definition) is 4. The Kier molecular flexibility index (Phi) is 11.2. The van der Waals surface area contributed by atoms with Crippen LogP contribution in [-0.2, 0) is 42.7 Å². The zero-order valence-corrected chi connectivity index (χ0v) is 25.9. The number of carboxylic acid groups (broad SMARTS) is 1. The van der Waals surface area contributed by atoms with Crippen molar-refractivity contribution < 1.29 is 58.2 Å². The Morgan fingerprint density at radius 2 is 1.61 bits per heavy atom. The molecule has 2 aromatic carbocycles. The van der Waals surface area contributed by atoms with E-state index in [0.29, 0.717) is 31.4 Å². The highest BCUT2D eigenvalue weighted by Gasteiger charge is 2.74. The van der Waals surface area contributed by atoms with Crippen LogP contribution in [-0.4, -0.2) is 62.4 Å². The number of aryl methyl sites for hydroxylation is 2. The van der Waals surface area contributed by atoms with Gasteiger partial charge in [0.1, 0.15) is 4.75 Å². The van der Waals surface area contributed by atoms with Gasteiger partial charge in [0.05, 0.1) is 17.6 Å². The second kappa shape index (κ2) is 13.9. The fraction of sp³-hybridized carbons (Fsp3) is 0.548. The number of alkyl halides is 8. The minimum Gasteiger partial charge on any atom is -0.483 e. The third kappa shape index (κ3) is 6.23. The Balaban J connectivity index is 0.00000185. The van der Waals surface area contributed by atoms with Crippen molar-refractivity contribution in [2.45, 2.75) is 92.5 Å². The molecule has 256 valence electrons. The number of amides is 1. The summed E-state index contributed by atoms with van der Waals surface area (Å²) < 4.78 is 137. The van der Waals surface area contributed by atoms with E-state index >= 15 is 0 Å². The van der Waals surface area contributed by atoms with Gasteiger partial charge in [-0.3, -0.25) is 14.0 Å². The van der Waals surface area contributed by atoms with Gasteiger partial charge in [0.2, 0.25) is 5.91 Å². The van der Waals surface area contributed by atoms with Crippen molar-refractivity contribution in [1.29, 1.82) is 0 Å². The van der Waals surface area contributed by atoms with Crippen LogP contribution in [0, 0.1) is 5.92 Å². The molecule has 2 aliphatic rings. The van der Waals surface area contributed by atoms with E-state index in [9.17, 15) is 48.3 Å². The van der Waals surface area contributed by atoms with Gasteiger partial charge in [-0.05, 0) is 67.3 Å². The molecule has 6 nitrogen and oxygen atoms in total. The van der Waals surface area contributed by atoms with Crippen molar-refractivity contribution in [3.05, 3.63) is 64.7 Å². The lowest BCUT2D eigenvalue weighted by molar-refractivity contribution is -0.348. The van der Waals surface area contributed by atoms with E-state index < -0.39 is 62.7 Å². The van der Waals surface area contributed by atoms with Gasteiger partial charge < -0.3 is 10.0 Å². The van der Waals surface area contributed by atoms with Gasteiger partial charge in [-0.25, -0.2) is 12.8 Å². The maximum atomic E-state index is 15.0. The number of carbonyl (C=O) groups is 2. The monoisotopic (exact) mass is 685 g/mol. The summed E-state index contributed by atoms with van der Waals surface area (Å²) in [6.07, 6.45) is -11.7. The van der Waals surface area contributed by atoms with Crippen molar-refractivity contribution in [2.24, 2.45) is 5.92 Å². The zero-order chi connectivity index (χ0) is 34.7. The minimum atomic E-state index is -6.33. The molecule has 3 atom stereocenters. The number of benzene rings is 2. The Bertz CT molecular complexity index is 1470. The third-order valence-electron chi connectivity index (χ3n) is 8.91. The topological polar surface area (TPSA) is 91.8 Å². The SMILES string of the molecule is CCCC(CCF)C(=O)N1CCC2(S(=O)(=O)c3ccc(CC)cc3)c3ccc(C(F)(C(F)(F)F)C(F)(F)F)cc3CCC12.O=CO. The quantitative estimate of drug-likeness (QED) is 0.222. The first-order chi connectivity index (χ1) is 21.4. The van der Waals surface area contributed by atoms with Crippen LogP contribution in [0.5, 0.6) is 0 Å². The summed E-state index contributed by atoms with van der Waals surface area (Å²) in [6, 6.07) is 6.59. The first-order valence-electron chi connectivity index (χ1n) is 14.7. The summed E-state index contributed by atoms with van der Waals surface area (Å²) >= 11 is 0. The zero-order valence-electron chi connectivity index (χ0n) is 25.1. The van der Waals surface area contributed by atoms with Crippen molar-refractivity contribution in [3.63, 3.8) is 0 Å². The van der Waals surface area contributed by atoms with Crippen LogP contribution < -0.4 is 0 Å². The van der Waals surface area contributed by atoms with Gasteiger partial charge in [0.25, 0.3) is 6.47 Å². The van der Waals surface area contributed by atoms with Crippen LogP contribution >= 0.6 is 0 Å². The number of likely N-dealkylation sites (tertiary alicyclic amines) is 1. The van der Waals surface area contributed by atoms with E-state index in [1.807, 2.05) is 13.8 Å². The molecule has 0 saturated carbocycles. The summed E-state index contributed by atoms with van der Waals surface area (Å²) in [5.41, 5.74) is -6.77. The van der Waals surface area contributed by atoms with E-state index in [2.05, 4.69) is 0 Å². The molecule has 3 unspecified atom stereocenters. The Labute approximate surface area is 261 Å². The summed E-state index contributed by atoms with van der Waals surface area (Å²) in [5.74, 6) is -1.16. The lowest BCUT2D eigenvalue weighted by atomic mass is 9.76. The van der Waals surface area contributed by atoms with E-state index in [4.69, 9.17) is 9.90 Å². The summed E-state index contributed by atoms with van der Waals surface area (Å²) in [5, 5.41) is 6.89. The van der Waals surface area contributed by atoms with Gasteiger partial charge in [0.15, 0.2) is 9.84 Å². The van der Waals surface area contributed by atoms with E-state index in [1.165, 1.54) is 17.0 Å². The number of halogens is 8. The lowest BCUT2D eigenvalue weighted by Crippen LogP contribution is -2.53. The summed E-state index contributed by atoms with van der Waals surface area (Å²) in [7, 11) is -4.43. The summed E-state index contributed by atoms with van der Waals surface area (Å²) in [6.45, 7) is 2.60. The van der Waals surface area contributed by atoms with Crippen molar-refractivity contribution in [1.82, 2.24) is 4.90 Å². The van der Waals surface area contributed by atoms with Crippen LogP contribution in [0.1, 0.15) is 68.2 Å². The molecule has 1 amide bonds. The molecule has 0 radical (unpaired) electrons. The van der Waals surface area contributed by atoms with Crippen LogP contribution in [0.4, 0.5) is 35.1 Å². The number of rotatable bonds is 9. The number of carbonyl (C=O) groups excluding carboxylic acids is 1. The maximum absolute atomic E-state index is 15.0. The second-order valence-electron chi connectivity index (χ2n) is 11.3. The molecule has 0 bridgehead atoms. The predicted molar refractivity (Wildman–Crippen MR) is 152 cm³/mol. The number of sulfone groups is 1. The molecule has 1 saturated heterocycles. The van der Waals surface area contributed by atoms with Crippen LogP contribution in [0.3, 0.4) is 0 Å². The average Bonchev–Trinajstić information content (AvgIpc) is 3.41. The lowest BCUT2D eigenvalue weighted by Gasteiger charge is -2.43. The molecule has 1 fully saturated rings. The van der Waals surface area contributed by atoms with Crippen LogP contribution in [0.25, 0.3) is 0 Å². The van der Waals surface area contributed by atoms with Gasteiger partial charge in [-0.2, -0.15) is 26.3 Å². The molecule has 0 aromatic heterocycles. The van der Waals surface area contributed by atoms with Gasteiger partial charge in [-0.1, -0.05) is 50.6 Å². The molecule has 1 aliphatic carbocycles.